The van der Waals surface area contributed by atoms with Crippen LogP contribution >= 0.6 is 22.9 Å². The van der Waals surface area contributed by atoms with Crippen molar-refractivity contribution in [1.29, 1.82) is 0 Å². The minimum Gasteiger partial charge on any atom is -0.211 e. The highest BCUT2D eigenvalue weighted by Gasteiger charge is 2.13. The van der Waals surface area contributed by atoms with E-state index in [-0.39, 0.29) is 0 Å². The van der Waals surface area contributed by atoms with Crippen LogP contribution in [0.25, 0.3) is 0 Å². The van der Waals surface area contributed by atoms with Crippen LogP contribution in [0.5, 0.6) is 0 Å². The van der Waals surface area contributed by atoms with Crippen molar-refractivity contribution in [1.82, 2.24) is 8.95 Å². The zero-order valence-electron chi connectivity index (χ0n) is 7.25. The van der Waals surface area contributed by atoms with Gasteiger partial charge >= 0.3 is 3.98 Å². The lowest BCUT2D eigenvalue weighted by Gasteiger charge is -2.06. The Labute approximate surface area is 80.4 Å². The van der Waals surface area contributed by atoms with E-state index in [9.17, 15) is 0 Å². The number of hydrogen-bond donors (Lipinski definition) is 0. The second kappa shape index (κ2) is 3.66. The molecule has 1 fully saturated rings. The Morgan fingerprint density at radius 2 is 2.00 bits per heavy atom. The Morgan fingerprint density at radius 1 is 1.25 bits per heavy atom. The molecule has 1 saturated heterocycles. The predicted molar refractivity (Wildman–Crippen MR) is 53.6 cm³/mol. The van der Waals surface area contributed by atoms with Gasteiger partial charge in [0.2, 0.25) is 0 Å². The number of piperidine rings is 1. The van der Waals surface area contributed by atoms with Gasteiger partial charge in [0, 0.05) is 24.4 Å². The van der Waals surface area contributed by atoms with E-state index in [1.165, 1.54) is 41.3 Å². The van der Waals surface area contributed by atoms with E-state index >= 15 is 0 Å². The van der Waals surface area contributed by atoms with Gasteiger partial charge in [-0.15, -0.1) is 0 Å². The van der Waals surface area contributed by atoms with Crippen LogP contribution in [0.2, 0.25) is 0 Å². The van der Waals surface area contributed by atoms with Crippen molar-refractivity contribution in [3.8, 4) is 0 Å². The van der Waals surface area contributed by atoms with Crippen LogP contribution in [0.3, 0.4) is 0 Å². The average molecular weight is 201 g/mol. The topological polar surface area (TPSA) is 15.9 Å². The number of rotatable bonds is 0. The fourth-order valence-corrected chi connectivity index (χ4v) is 3.42. The summed E-state index contributed by atoms with van der Waals surface area (Å²) in [6.45, 7) is 4.55. The zero-order valence-corrected chi connectivity index (χ0v) is 8.88. The van der Waals surface area contributed by atoms with Crippen LogP contribution in [0, 0.1) is 6.92 Å². The lowest BCUT2D eigenvalue weighted by atomic mass is 10.2. The smallest absolute Gasteiger partial charge is 0.211 e. The first-order valence-corrected chi connectivity index (χ1v) is 5.96. The minimum atomic E-state index is 1.19. The molecular formula is C8H13N2S2+. The number of aromatic nitrogens is 1. The molecule has 0 bridgehead atoms. The van der Waals surface area contributed by atoms with Crippen LogP contribution in [-0.4, -0.2) is 17.5 Å². The van der Waals surface area contributed by atoms with Gasteiger partial charge in [0.1, 0.15) is 18.1 Å². The van der Waals surface area contributed by atoms with Crippen LogP contribution in [0.15, 0.2) is 0 Å². The highest BCUT2D eigenvalue weighted by atomic mass is 32.2. The van der Waals surface area contributed by atoms with E-state index in [0.29, 0.717) is 0 Å². The molecule has 0 aliphatic carbocycles. The summed E-state index contributed by atoms with van der Waals surface area (Å²) in [5, 5.41) is 1.19. The summed E-state index contributed by atoms with van der Waals surface area (Å²) >= 11 is 3.48. The van der Waals surface area contributed by atoms with Crippen LogP contribution < -0.4 is 8.56 Å². The molecule has 0 saturated carbocycles. The fraction of sp³-hybridized carbons (Fsp3) is 0.750. The van der Waals surface area contributed by atoms with Crippen LogP contribution in [0.1, 0.15) is 24.3 Å². The Kier molecular flexibility index (Phi) is 2.56. The van der Waals surface area contributed by atoms with Crippen LogP contribution in [0.4, 0.5) is 0 Å². The third-order valence-corrected chi connectivity index (χ3v) is 4.29. The molecule has 1 aromatic rings. The molecule has 0 atom stereocenters. The highest BCUT2D eigenvalue weighted by molar-refractivity contribution is 7.23. The normalized spacial score (nSPS) is 18.2. The Balaban J connectivity index is 2.34. The molecule has 66 valence electrons. The molecule has 1 aliphatic rings. The third-order valence-electron chi connectivity index (χ3n) is 2.10. The molecule has 1 aliphatic heterocycles. The van der Waals surface area contributed by atoms with E-state index < -0.39 is 0 Å². The van der Waals surface area contributed by atoms with Crippen molar-refractivity contribution in [2.45, 2.75) is 26.2 Å². The predicted octanol–water partition coefficient (Wildman–Crippen LogP) is 1.47. The summed E-state index contributed by atoms with van der Waals surface area (Å²) in [5.41, 5.74) is 0. The average Bonchev–Trinajstić information content (AvgIpc) is 2.54. The van der Waals surface area contributed by atoms with Gasteiger partial charge in [0.05, 0.1) is 0 Å². The summed E-state index contributed by atoms with van der Waals surface area (Å²) in [5.74, 6) is 0. The molecule has 4 heteroatoms. The molecule has 0 N–H and O–H groups in total. The molecular weight excluding hydrogens is 188 g/mol. The maximum Gasteiger partial charge on any atom is 0.333 e. The van der Waals surface area contributed by atoms with E-state index in [1.54, 1.807) is 11.5 Å². The summed E-state index contributed by atoms with van der Waals surface area (Å²) in [7, 11) is 0. The molecule has 0 unspecified atom stereocenters. The fourth-order valence-electron chi connectivity index (χ4n) is 1.47. The van der Waals surface area contributed by atoms with Crippen LogP contribution in [-0.2, 0) is 0 Å². The molecule has 1 aromatic heterocycles. The van der Waals surface area contributed by atoms with Gasteiger partial charge in [0.25, 0.3) is 0 Å². The lowest BCUT2D eigenvalue weighted by molar-refractivity contribution is 0.459. The summed E-state index contributed by atoms with van der Waals surface area (Å²) < 4.78 is 8.18. The highest BCUT2D eigenvalue weighted by Crippen LogP contribution is 2.04. The maximum atomic E-state index is 4.31. The number of aryl methyl sites for hydroxylation is 1. The van der Waals surface area contributed by atoms with Crippen molar-refractivity contribution in [3.63, 3.8) is 0 Å². The monoisotopic (exact) mass is 201 g/mol. The molecule has 0 aromatic carbocycles. The molecule has 2 heterocycles. The Bertz CT molecular complexity index is 316. The van der Waals surface area contributed by atoms with Gasteiger partial charge < -0.3 is 0 Å². The summed E-state index contributed by atoms with van der Waals surface area (Å²) in [6.07, 6.45) is 4.10. The summed E-state index contributed by atoms with van der Waals surface area (Å²) in [4.78, 5) is 0. The third kappa shape index (κ3) is 1.75. The zero-order chi connectivity index (χ0) is 8.39. The van der Waals surface area contributed by atoms with Gasteiger partial charge in [-0.25, -0.2) is 4.58 Å². The van der Waals surface area contributed by atoms with Crippen molar-refractivity contribution in [3.05, 3.63) is 8.99 Å². The standard InChI is InChI=1S/C8H13N2S2/c1-7-9-12-8(11-7)10-5-3-2-4-6-10/h2-6H2,1H3/q+1. The van der Waals surface area contributed by atoms with Gasteiger partial charge in [-0.1, -0.05) is 0 Å². The van der Waals surface area contributed by atoms with E-state index in [4.69, 9.17) is 0 Å². The molecule has 2 nitrogen and oxygen atoms in total. The quantitative estimate of drug-likeness (QED) is 0.581. The Hall–Kier alpha value is -0.220. The van der Waals surface area contributed by atoms with Gasteiger partial charge in [-0.05, 0) is 24.7 Å². The maximum absolute atomic E-state index is 4.31. The molecule has 0 amide bonds. The largest absolute Gasteiger partial charge is 0.333 e. The van der Waals surface area contributed by atoms with E-state index in [1.807, 2.05) is 11.3 Å². The molecule has 0 spiro atoms. The molecule has 0 radical (unpaired) electrons. The van der Waals surface area contributed by atoms with E-state index in [0.717, 1.165) is 0 Å². The first-order chi connectivity index (χ1) is 5.86. The van der Waals surface area contributed by atoms with Crippen molar-refractivity contribution >= 4 is 22.9 Å². The lowest BCUT2D eigenvalue weighted by Crippen LogP contribution is -2.31. The van der Waals surface area contributed by atoms with Gasteiger partial charge in [0.15, 0.2) is 0 Å². The van der Waals surface area contributed by atoms with Crippen molar-refractivity contribution < 1.29 is 0 Å². The van der Waals surface area contributed by atoms with Crippen molar-refractivity contribution in [2.24, 2.45) is 0 Å². The van der Waals surface area contributed by atoms with Gasteiger partial charge in [-0.3, -0.25) is 0 Å². The first-order valence-electron chi connectivity index (χ1n) is 4.37. The second-order valence-corrected chi connectivity index (χ2v) is 5.31. The second-order valence-electron chi connectivity index (χ2n) is 3.12. The minimum absolute atomic E-state index is 1.19. The van der Waals surface area contributed by atoms with Crippen molar-refractivity contribution in [2.75, 3.05) is 13.1 Å². The van der Waals surface area contributed by atoms with Gasteiger partial charge in [-0.2, -0.15) is 4.37 Å². The number of hydrogen-bond acceptors (Lipinski definition) is 3. The molecule has 2 rings (SSSR count). The number of nitrogens with zero attached hydrogens (tertiary/aromatic N) is 2. The first kappa shape index (κ1) is 8.38. The van der Waals surface area contributed by atoms with E-state index in [2.05, 4.69) is 15.9 Å². The Morgan fingerprint density at radius 3 is 2.58 bits per heavy atom. The summed E-state index contributed by atoms with van der Waals surface area (Å²) in [6, 6.07) is 0. The molecule has 12 heavy (non-hydrogen) atoms. The SMILES string of the molecule is Cc1nsc(=[N+]2CCCCC2)s1.